The van der Waals surface area contributed by atoms with Crippen molar-refractivity contribution in [3.05, 3.63) is 28.7 Å². The Bertz CT molecular complexity index is 501. The van der Waals surface area contributed by atoms with Crippen molar-refractivity contribution in [3.63, 3.8) is 0 Å². The van der Waals surface area contributed by atoms with Crippen LogP contribution in [0.4, 0.5) is 0 Å². The van der Waals surface area contributed by atoms with E-state index in [-0.39, 0.29) is 0 Å². The number of hydrogen-bond acceptors (Lipinski definition) is 3. The second-order valence-corrected chi connectivity index (χ2v) is 4.75. The van der Waals surface area contributed by atoms with Crippen LogP contribution in [0.5, 0.6) is 5.75 Å². The smallest absolute Gasteiger partial charge is 0.151 e. The SMILES string of the molecule is COc1cc2ccc(Br)cc2nc1SC. The van der Waals surface area contributed by atoms with Crippen molar-refractivity contribution >= 4 is 38.6 Å². The Morgan fingerprint density at radius 3 is 2.80 bits per heavy atom. The number of halogens is 1. The van der Waals surface area contributed by atoms with Gasteiger partial charge in [0.25, 0.3) is 0 Å². The van der Waals surface area contributed by atoms with Crippen LogP contribution in [0.2, 0.25) is 0 Å². The zero-order chi connectivity index (χ0) is 10.8. The molecule has 0 spiro atoms. The van der Waals surface area contributed by atoms with E-state index in [1.807, 2.05) is 30.5 Å². The summed E-state index contributed by atoms with van der Waals surface area (Å²) in [4.78, 5) is 4.53. The molecule has 0 radical (unpaired) electrons. The van der Waals surface area contributed by atoms with Gasteiger partial charge in [0.05, 0.1) is 12.6 Å². The Labute approximate surface area is 101 Å². The fourth-order valence-corrected chi connectivity index (χ4v) is 2.28. The molecule has 0 aliphatic carbocycles. The van der Waals surface area contributed by atoms with Gasteiger partial charge in [-0.3, -0.25) is 0 Å². The number of aromatic nitrogens is 1. The van der Waals surface area contributed by atoms with Crippen molar-refractivity contribution in [2.75, 3.05) is 13.4 Å². The second-order valence-electron chi connectivity index (χ2n) is 3.04. The lowest BCUT2D eigenvalue weighted by Crippen LogP contribution is -1.90. The average Bonchev–Trinajstić information content (AvgIpc) is 2.27. The zero-order valence-electron chi connectivity index (χ0n) is 8.45. The van der Waals surface area contributed by atoms with Crippen LogP contribution >= 0.6 is 27.7 Å². The van der Waals surface area contributed by atoms with Crippen LogP contribution in [0.15, 0.2) is 33.8 Å². The van der Waals surface area contributed by atoms with Crippen LogP contribution in [-0.4, -0.2) is 18.3 Å². The third kappa shape index (κ3) is 2.11. The number of methoxy groups -OCH3 is 1. The molecule has 0 bridgehead atoms. The lowest BCUT2D eigenvalue weighted by molar-refractivity contribution is 0.402. The maximum atomic E-state index is 5.28. The zero-order valence-corrected chi connectivity index (χ0v) is 10.9. The van der Waals surface area contributed by atoms with Crippen LogP contribution in [0.25, 0.3) is 10.9 Å². The molecule has 0 amide bonds. The first kappa shape index (κ1) is 10.8. The van der Waals surface area contributed by atoms with Gasteiger partial charge in [-0.15, -0.1) is 11.8 Å². The van der Waals surface area contributed by atoms with Gasteiger partial charge in [0.1, 0.15) is 5.03 Å². The Kier molecular flexibility index (Phi) is 3.17. The van der Waals surface area contributed by atoms with Crippen LogP contribution < -0.4 is 4.74 Å². The molecule has 1 aromatic carbocycles. The van der Waals surface area contributed by atoms with Crippen LogP contribution in [-0.2, 0) is 0 Å². The summed E-state index contributed by atoms with van der Waals surface area (Å²) in [6, 6.07) is 8.05. The summed E-state index contributed by atoms with van der Waals surface area (Å²) < 4.78 is 6.32. The number of ether oxygens (including phenoxy) is 1. The van der Waals surface area contributed by atoms with Crippen molar-refractivity contribution in [3.8, 4) is 5.75 Å². The van der Waals surface area contributed by atoms with Crippen LogP contribution in [0, 0.1) is 0 Å². The minimum Gasteiger partial charge on any atom is -0.494 e. The lowest BCUT2D eigenvalue weighted by atomic mass is 10.2. The number of hydrogen-bond donors (Lipinski definition) is 0. The highest BCUT2D eigenvalue weighted by molar-refractivity contribution is 9.10. The minimum atomic E-state index is 0.831. The molecule has 0 atom stereocenters. The molecule has 0 unspecified atom stereocenters. The number of rotatable bonds is 2. The van der Waals surface area contributed by atoms with Gasteiger partial charge in [0.2, 0.25) is 0 Å². The molecule has 0 saturated heterocycles. The van der Waals surface area contributed by atoms with Crippen molar-refractivity contribution in [2.24, 2.45) is 0 Å². The van der Waals surface area contributed by atoms with Gasteiger partial charge < -0.3 is 4.74 Å². The van der Waals surface area contributed by atoms with Gasteiger partial charge in [-0.2, -0.15) is 0 Å². The van der Waals surface area contributed by atoms with Gasteiger partial charge in [-0.05, 0) is 24.5 Å². The third-order valence-electron chi connectivity index (χ3n) is 2.13. The van der Waals surface area contributed by atoms with Gasteiger partial charge >= 0.3 is 0 Å². The number of benzene rings is 1. The number of pyridine rings is 1. The van der Waals surface area contributed by atoms with E-state index in [1.54, 1.807) is 18.9 Å². The molecule has 0 saturated carbocycles. The Balaban J connectivity index is 2.69. The lowest BCUT2D eigenvalue weighted by Gasteiger charge is -2.07. The largest absolute Gasteiger partial charge is 0.494 e. The van der Waals surface area contributed by atoms with Crippen LogP contribution in [0.1, 0.15) is 0 Å². The van der Waals surface area contributed by atoms with Crippen molar-refractivity contribution in [1.29, 1.82) is 0 Å². The standard InChI is InChI=1S/C11H10BrNOS/c1-14-10-5-7-3-4-8(12)6-9(7)13-11(10)15-2/h3-6H,1-2H3. The molecular weight excluding hydrogens is 274 g/mol. The van der Waals surface area contributed by atoms with Gasteiger partial charge in [0, 0.05) is 9.86 Å². The summed E-state index contributed by atoms with van der Waals surface area (Å²) in [7, 11) is 1.67. The van der Waals surface area contributed by atoms with E-state index in [1.165, 1.54) is 0 Å². The van der Waals surface area contributed by atoms with Crippen LogP contribution in [0.3, 0.4) is 0 Å². The molecule has 2 nitrogen and oxygen atoms in total. The molecule has 78 valence electrons. The van der Waals surface area contributed by atoms with E-state index in [2.05, 4.69) is 20.9 Å². The van der Waals surface area contributed by atoms with E-state index in [0.717, 1.165) is 26.2 Å². The Morgan fingerprint density at radius 2 is 2.13 bits per heavy atom. The molecule has 0 fully saturated rings. The van der Waals surface area contributed by atoms with Gasteiger partial charge in [-0.1, -0.05) is 22.0 Å². The Morgan fingerprint density at radius 1 is 1.33 bits per heavy atom. The van der Waals surface area contributed by atoms with Gasteiger partial charge in [-0.25, -0.2) is 4.98 Å². The molecule has 2 aromatic rings. The third-order valence-corrected chi connectivity index (χ3v) is 3.30. The fourth-order valence-electron chi connectivity index (χ4n) is 1.40. The number of fused-ring (bicyclic) bond motifs is 1. The van der Waals surface area contributed by atoms with Gasteiger partial charge in [0.15, 0.2) is 5.75 Å². The first-order chi connectivity index (χ1) is 7.24. The molecule has 1 heterocycles. The first-order valence-electron chi connectivity index (χ1n) is 4.43. The summed E-state index contributed by atoms with van der Waals surface area (Å²) >= 11 is 5.03. The number of nitrogens with zero attached hydrogens (tertiary/aromatic N) is 1. The summed E-state index contributed by atoms with van der Waals surface area (Å²) in [5.41, 5.74) is 0.981. The molecule has 0 aliphatic rings. The molecule has 0 aliphatic heterocycles. The van der Waals surface area contributed by atoms with E-state index in [9.17, 15) is 0 Å². The molecule has 4 heteroatoms. The van der Waals surface area contributed by atoms with Crippen molar-refractivity contribution < 1.29 is 4.74 Å². The highest BCUT2D eigenvalue weighted by Crippen LogP contribution is 2.30. The highest BCUT2D eigenvalue weighted by atomic mass is 79.9. The fraction of sp³-hybridized carbons (Fsp3) is 0.182. The molecule has 15 heavy (non-hydrogen) atoms. The maximum Gasteiger partial charge on any atom is 0.151 e. The maximum absolute atomic E-state index is 5.28. The molecule has 2 rings (SSSR count). The predicted octanol–water partition coefficient (Wildman–Crippen LogP) is 3.73. The monoisotopic (exact) mass is 283 g/mol. The predicted molar refractivity (Wildman–Crippen MR) is 67.8 cm³/mol. The van der Waals surface area contributed by atoms with E-state index >= 15 is 0 Å². The van der Waals surface area contributed by atoms with E-state index in [4.69, 9.17) is 4.74 Å². The van der Waals surface area contributed by atoms with Crippen molar-refractivity contribution in [1.82, 2.24) is 4.98 Å². The first-order valence-corrected chi connectivity index (χ1v) is 6.44. The normalized spacial score (nSPS) is 10.6. The van der Waals surface area contributed by atoms with E-state index in [0.29, 0.717) is 0 Å². The average molecular weight is 284 g/mol. The second kappa shape index (κ2) is 4.41. The summed E-state index contributed by atoms with van der Waals surface area (Å²) in [5.74, 6) is 0.831. The minimum absolute atomic E-state index is 0.831. The quantitative estimate of drug-likeness (QED) is 0.784. The summed E-state index contributed by atoms with van der Waals surface area (Å²) in [5, 5.41) is 2.01. The van der Waals surface area contributed by atoms with E-state index < -0.39 is 0 Å². The molecular formula is C11H10BrNOS. The highest BCUT2D eigenvalue weighted by Gasteiger charge is 2.06. The topological polar surface area (TPSA) is 22.1 Å². The Hall–Kier alpha value is -0.740. The molecule has 0 N–H and O–H groups in total. The summed E-state index contributed by atoms with van der Waals surface area (Å²) in [6.45, 7) is 0. The number of thioether (sulfide) groups is 1. The summed E-state index contributed by atoms with van der Waals surface area (Å²) in [6.07, 6.45) is 1.99. The molecule has 1 aromatic heterocycles. The van der Waals surface area contributed by atoms with Crippen molar-refractivity contribution in [2.45, 2.75) is 5.03 Å².